The summed E-state index contributed by atoms with van der Waals surface area (Å²) in [5.74, 6) is 3.27. The molecule has 0 amide bonds. The van der Waals surface area contributed by atoms with Gasteiger partial charge in [0.2, 0.25) is 5.88 Å². The number of benzene rings is 1. The molecule has 0 radical (unpaired) electrons. The molecule has 2 rings (SSSR count). The van der Waals surface area contributed by atoms with Gasteiger partial charge in [-0.3, -0.25) is 0 Å². The van der Waals surface area contributed by atoms with Crippen LogP contribution in [0.3, 0.4) is 0 Å². The van der Waals surface area contributed by atoms with Gasteiger partial charge in [-0.1, -0.05) is 13.0 Å². The molecule has 5 heteroatoms. The minimum Gasteiger partial charge on any atom is -0.493 e. The first-order valence-electron chi connectivity index (χ1n) is 7.04. The summed E-state index contributed by atoms with van der Waals surface area (Å²) >= 11 is 0. The fourth-order valence-corrected chi connectivity index (χ4v) is 1.91. The normalized spacial score (nSPS) is 10.3. The first-order valence-corrected chi connectivity index (χ1v) is 7.04. The van der Waals surface area contributed by atoms with Crippen molar-refractivity contribution in [2.75, 3.05) is 19.0 Å². The predicted molar refractivity (Wildman–Crippen MR) is 83.4 cm³/mol. The number of hydrogen-bond acceptors (Lipinski definition) is 5. The maximum atomic E-state index is 5.84. The van der Waals surface area contributed by atoms with Crippen LogP contribution in [0.25, 0.3) is 0 Å². The summed E-state index contributed by atoms with van der Waals surface area (Å²) in [4.78, 5) is 8.64. The number of anilines is 1. The SMILES string of the molecule is CCCNc1cc(Oc2ccc(C)cc2OC)nc(C)n1. The van der Waals surface area contributed by atoms with Gasteiger partial charge < -0.3 is 14.8 Å². The van der Waals surface area contributed by atoms with E-state index in [4.69, 9.17) is 9.47 Å². The van der Waals surface area contributed by atoms with E-state index in [1.165, 1.54) is 0 Å². The fourth-order valence-electron chi connectivity index (χ4n) is 1.91. The molecule has 0 spiro atoms. The third kappa shape index (κ3) is 4.08. The Morgan fingerprint density at radius 3 is 2.62 bits per heavy atom. The van der Waals surface area contributed by atoms with Crippen molar-refractivity contribution in [3.63, 3.8) is 0 Å². The van der Waals surface area contributed by atoms with Crippen LogP contribution in [0.15, 0.2) is 24.3 Å². The number of rotatable bonds is 6. The van der Waals surface area contributed by atoms with Gasteiger partial charge >= 0.3 is 0 Å². The Bertz CT molecular complexity index is 614. The minimum absolute atomic E-state index is 0.503. The minimum atomic E-state index is 0.503. The Hall–Kier alpha value is -2.30. The van der Waals surface area contributed by atoms with E-state index < -0.39 is 0 Å². The molecule has 1 N–H and O–H groups in total. The highest BCUT2D eigenvalue weighted by molar-refractivity contribution is 5.46. The van der Waals surface area contributed by atoms with E-state index in [1.807, 2.05) is 32.0 Å². The van der Waals surface area contributed by atoms with Crippen molar-refractivity contribution < 1.29 is 9.47 Å². The van der Waals surface area contributed by atoms with E-state index in [0.29, 0.717) is 23.2 Å². The summed E-state index contributed by atoms with van der Waals surface area (Å²) in [7, 11) is 1.63. The van der Waals surface area contributed by atoms with Gasteiger partial charge in [0.25, 0.3) is 0 Å². The average Bonchev–Trinajstić information content (AvgIpc) is 2.46. The number of aryl methyl sites for hydroxylation is 2. The van der Waals surface area contributed by atoms with Crippen molar-refractivity contribution in [2.24, 2.45) is 0 Å². The number of nitrogens with zero attached hydrogens (tertiary/aromatic N) is 2. The molecule has 0 aliphatic carbocycles. The quantitative estimate of drug-likeness (QED) is 0.877. The lowest BCUT2D eigenvalue weighted by molar-refractivity contribution is 0.373. The zero-order chi connectivity index (χ0) is 15.2. The second kappa shape index (κ2) is 6.92. The van der Waals surface area contributed by atoms with Crippen molar-refractivity contribution in [1.82, 2.24) is 9.97 Å². The molecule has 1 aromatic heterocycles. The molecule has 1 heterocycles. The first kappa shape index (κ1) is 15.1. The van der Waals surface area contributed by atoms with Crippen molar-refractivity contribution in [1.29, 1.82) is 0 Å². The molecule has 5 nitrogen and oxygen atoms in total. The molecule has 112 valence electrons. The highest BCUT2D eigenvalue weighted by Crippen LogP contribution is 2.31. The number of nitrogens with one attached hydrogen (secondary N) is 1. The monoisotopic (exact) mass is 287 g/mol. The Kier molecular flexibility index (Phi) is 4.98. The summed E-state index contributed by atoms with van der Waals surface area (Å²) in [6, 6.07) is 7.58. The third-order valence-corrected chi connectivity index (χ3v) is 2.90. The van der Waals surface area contributed by atoms with E-state index in [0.717, 1.165) is 24.3 Å². The zero-order valence-electron chi connectivity index (χ0n) is 12.9. The lowest BCUT2D eigenvalue weighted by atomic mass is 10.2. The molecule has 1 aromatic carbocycles. The Morgan fingerprint density at radius 1 is 1.10 bits per heavy atom. The van der Waals surface area contributed by atoms with Crippen molar-refractivity contribution in [3.05, 3.63) is 35.7 Å². The lowest BCUT2D eigenvalue weighted by Gasteiger charge is -2.12. The topological polar surface area (TPSA) is 56.3 Å². The Balaban J connectivity index is 2.24. The van der Waals surface area contributed by atoms with Crippen LogP contribution in [0.4, 0.5) is 5.82 Å². The standard InChI is InChI=1S/C16H21N3O2/c1-5-8-17-15-10-16(19-12(3)18-15)21-13-7-6-11(2)9-14(13)20-4/h6-7,9-10H,5,8H2,1-4H3,(H,17,18,19). The molecule has 0 atom stereocenters. The molecule has 21 heavy (non-hydrogen) atoms. The Labute approximate surface area is 125 Å². The number of ether oxygens (including phenoxy) is 2. The smallest absolute Gasteiger partial charge is 0.224 e. The largest absolute Gasteiger partial charge is 0.493 e. The molecular weight excluding hydrogens is 266 g/mol. The summed E-state index contributed by atoms with van der Waals surface area (Å²) in [6.45, 7) is 6.82. The van der Waals surface area contributed by atoms with Gasteiger partial charge in [-0.05, 0) is 38.0 Å². The molecule has 0 saturated carbocycles. The van der Waals surface area contributed by atoms with E-state index in [-0.39, 0.29) is 0 Å². The van der Waals surface area contributed by atoms with Gasteiger partial charge in [0.1, 0.15) is 11.6 Å². The molecule has 0 saturated heterocycles. The van der Waals surface area contributed by atoms with Crippen molar-refractivity contribution in [2.45, 2.75) is 27.2 Å². The molecular formula is C16H21N3O2. The third-order valence-electron chi connectivity index (χ3n) is 2.90. The summed E-state index contributed by atoms with van der Waals surface area (Å²) in [6.07, 6.45) is 1.03. The van der Waals surface area contributed by atoms with Crippen molar-refractivity contribution >= 4 is 5.82 Å². The summed E-state index contributed by atoms with van der Waals surface area (Å²) < 4.78 is 11.2. The molecule has 0 bridgehead atoms. The van der Waals surface area contributed by atoms with E-state index in [9.17, 15) is 0 Å². The zero-order valence-corrected chi connectivity index (χ0v) is 12.9. The van der Waals surface area contributed by atoms with Crippen LogP contribution in [-0.4, -0.2) is 23.6 Å². The van der Waals surface area contributed by atoms with Crippen LogP contribution in [0.5, 0.6) is 17.4 Å². The summed E-state index contributed by atoms with van der Waals surface area (Å²) in [5.41, 5.74) is 1.11. The van der Waals surface area contributed by atoms with Crippen LogP contribution in [0.2, 0.25) is 0 Å². The molecule has 0 aliphatic rings. The predicted octanol–water partition coefficient (Wildman–Crippen LogP) is 3.72. The van der Waals surface area contributed by atoms with Crippen LogP contribution < -0.4 is 14.8 Å². The maximum absolute atomic E-state index is 5.84. The van der Waals surface area contributed by atoms with Gasteiger partial charge in [0.05, 0.1) is 7.11 Å². The highest BCUT2D eigenvalue weighted by atomic mass is 16.5. The molecule has 0 fully saturated rings. The number of methoxy groups -OCH3 is 1. The fraction of sp³-hybridized carbons (Fsp3) is 0.375. The van der Waals surface area contributed by atoms with Gasteiger partial charge in [-0.2, -0.15) is 4.98 Å². The van der Waals surface area contributed by atoms with E-state index in [2.05, 4.69) is 22.2 Å². The molecule has 0 aliphatic heterocycles. The van der Waals surface area contributed by atoms with Crippen LogP contribution >= 0.6 is 0 Å². The van der Waals surface area contributed by atoms with Crippen LogP contribution in [0.1, 0.15) is 24.7 Å². The Morgan fingerprint density at radius 2 is 1.90 bits per heavy atom. The highest BCUT2D eigenvalue weighted by Gasteiger charge is 2.08. The molecule has 0 unspecified atom stereocenters. The van der Waals surface area contributed by atoms with Gasteiger partial charge in [-0.25, -0.2) is 4.98 Å². The second-order valence-electron chi connectivity index (χ2n) is 4.82. The first-order chi connectivity index (χ1) is 10.1. The molecule has 2 aromatic rings. The van der Waals surface area contributed by atoms with E-state index in [1.54, 1.807) is 13.2 Å². The number of aromatic nitrogens is 2. The number of hydrogen-bond donors (Lipinski definition) is 1. The van der Waals surface area contributed by atoms with Gasteiger partial charge in [0, 0.05) is 12.6 Å². The van der Waals surface area contributed by atoms with Crippen LogP contribution in [0, 0.1) is 13.8 Å². The lowest BCUT2D eigenvalue weighted by Crippen LogP contribution is -2.04. The van der Waals surface area contributed by atoms with Crippen molar-refractivity contribution in [3.8, 4) is 17.4 Å². The van der Waals surface area contributed by atoms with Gasteiger partial charge in [0.15, 0.2) is 11.5 Å². The second-order valence-corrected chi connectivity index (χ2v) is 4.82. The van der Waals surface area contributed by atoms with Gasteiger partial charge in [-0.15, -0.1) is 0 Å². The van der Waals surface area contributed by atoms with E-state index >= 15 is 0 Å². The maximum Gasteiger partial charge on any atom is 0.224 e. The van der Waals surface area contributed by atoms with Crippen LogP contribution in [-0.2, 0) is 0 Å². The summed E-state index contributed by atoms with van der Waals surface area (Å²) in [5, 5.41) is 3.24. The average molecular weight is 287 g/mol.